The van der Waals surface area contributed by atoms with E-state index in [0.29, 0.717) is 29.5 Å². The van der Waals surface area contributed by atoms with Crippen molar-refractivity contribution in [3.63, 3.8) is 0 Å². The number of piperidine rings is 1. The van der Waals surface area contributed by atoms with Gasteiger partial charge in [0.2, 0.25) is 5.95 Å². The number of nitrogens with zero attached hydrogens (tertiary/aromatic N) is 6. The Bertz CT molecular complexity index is 1530. The Morgan fingerprint density at radius 3 is 2.55 bits per heavy atom. The molecule has 11 heteroatoms. The van der Waals surface area contributed by atoms with Gasteiger partial charge in [-0.2, -0.15) is 4.98 Å². The second-order valence-corrected chi connectivity index (χ2v) is 10.0. The molecule has 0 spiro atoms. The smallest absolute Gasteiger partial charge is 0.340 e. The molecule has 1 aliphatic heterocycles. The van der Waals surface area contributed by atoms with Crippen LogP contribution in [0.5, 0.6) is 0 Å². The summed E-state index contributed by atoms with van der Waals surface area (Å²) in [7, 11) is 3.32. The minimum atomic E-state index is -0.538. The van der Waals surface area contributed by atoms with Gasteiger partial charge in [0.1, 0.15) is 5.82 Å². The Morgan fingerprint density at radius 2 is 1.85 bits per heavy atom. The Labute approximate surface area is 234 Å². The van der Waals surface area contributed by atoms with Crippen molar-refractivity contribution in [3.05, 3.63) is 44.2 Å². The molecule has 1 fully saturated rings. The fraction of sp³-hybridized carbons (Fsp3) is 0.552. The fourth-order valence-corrected chi connectivity index (χ4v) is 5.01. The summed E-state index contributed by atoms with van der Waals surface area (Å²) in [5, 5.41) is 2.96. The number of hydrogen-bond acceptors (Lipinski definition) is 8. The van der Waals surface area contributed by atoms with E-state index in [4.69, 9.17) is 9.72 Å². The summed E-state index contributed by atoms with van der Waals surface area (Å²) in [5.41, 5.74) is 0.0814. The van der Waals surface area contributed by atoms with E-state index in [9.17, 15) is 14.4 Å². The lowest BCUT2D eigenvalue weighted by molar-refractivity contribution is 0.0495. The lowest BCUT2D eigenvalue weighted by Gasteiger charge is -2.27. The monoisotopic (exact) mass is 549 g/mol. The summed E-state index contributed by atoms with van der Waals surface area (Å²) in [6.45, 7) is 5.91. The van der Waals surface area contributed by atoms with Crippen LogP contribution in [0.15, 0.2) is 21.7 Å². The minimum Gasteiger partial charge on any atom is -0.462 e. The van der Waals surface area contributed by atoms with Gasteiger partial charge in [-0.25, -0.2) is 14.6 Å². The van der Waals surface area contributed by atoms with Crippen molar-refractivity contribution in [2.75, 3.05) is 37.0 Å². The molecule has 0 radical (unpaired) electrons. The molecule has 214 valence electrons. The molecule has 1 aliphatic rings. The SMILES string of the molecule is CC#CCn1c(N2CCCCC2)nc2c1c(=O)n(Cc1nc(NC)ccc1C(=O)OCCCCCC)c(=O)n2C. The molecule has 0 aromatic carbocycles. The number of fused-ring (bicyclic) bond motifs is 1. The first-order valence-electron chi connectivity index (χ1n) is 14.1. The van der Waals surface area contributed by atoms with Crippen molar-refractivity contribution >= 4 is 28.9 Å². The molecule has 3 aromatic heterocycles. The molecule has 0 saturated carbocycles. The number of pyridine rings is 1. The predicted molar refractivity (Wildman–Crippen MR) is 156 cm³/mol. The molecular weight excluding hydrogens is 510 g/mol. The number of nitrogens with one attached hydrogen (secondary N) is 1. The van der Waals surface area contributed by atoms with Crippen LogP contribution in [0.4, 0.5) is 11.8 Å². The van der Waals surface area contributed by atoms with E-state index in [1.165, 1.54) is 4.57 Å². The maximum absolute atomic E-state index is 14.0. The highest BCUT2D eigenvalue weighted by Crippen LogP contribution is 2.23. The van der Waals surface area contributed by atoms with Crippen LogP contribution in [0.3, 0.4) is 0 Å². The van der Waals surface area contributed by atoms with E-state index >= 15 is 0 Å². The largest absolute Gasteiger partial charge is 0.462 e. The molecule has 4 heterocycles. The normalized spacial score (nSPS) is 13.2. The molecule has 0 aliphatic carbocycles. The van der Waals surface area contributed by atoms with Gasteiger partial charge in [0.15, 0.2) is 11.2 Å². The number of esters is 1. The lowest BCUT2D eigenvalue weighted by atomic mass is 10.1. The third-order valence-electron chi connectivity index (χ3n) is 7.25. The summed E-state index contributed by atoms with van der Waals surface area (Å²) >= 11 is 0. The number of carbonyl (C=O) groups excluding carboxylic acids is 1. The number of hydrogen-bond donors (Lipinski definition) is 1. The number of unbranched alkanes of at least 4 members (excludes halogenated alkanes) is 3. The Hall–Kier alpha value is -4.07. The van der Waals surface area contributed by atoms with Gasteiger partial charge in [0, 0.05) is 27.2 Å². The van der Waals surface area contributed by atoms with E-state index < -0.39 is 17.2 Å². The van der Waals surface area contributed by atoms with Crippen LogP contribution in [-0.2, 0) is 24.9 Å². The van der Waals surface area contributed by atoms with E-state index in [-0.39, 0.29) is 24.3 Å². The van der Waals surface area contributed by atoms with Crippen LogP contribution in [0.25, 0.3) is 11.2 Å². The summed E-state index contributed by atoms with van der Waals surface area (Å²) in [6.07, 6.45) is 7.15. The lowest BCUT2D eigenvalue weighted by Crippen LogP contribution is -2.40. The number of imidazole rings is 1. The van der Waals surface area contributed by atoms with Crippen molar-refractivity contribution in [2.45, 2.75) is 71.9 Å². The summed E-state index contributed by atoms with van der Waals surface area (Å²) in [6, 6.07) is 3.29. The highest BCUT2D eigenvalue weighted by atomic mass is 16.5. The predicted octanol–water partition coefficient (Wildman–Crippen LogP) is 3.13. The third-order valence-corrected chi connectivity index (χ3v) is 7.25. The van der Waals surface area contributed by atoms with Gasteiger partial charge >= 0.3 is 11.7 Å². The third kappa shape index (κ3) is 6.06. The second-order valence-electron chi connectivity index (χ2n) is 10.0. The van der Waals surface area contributed by atoms with Gasteiger partial charge < -0.3 is 15.0 Å². The Balaban J connectivity index is 1.78. The van der Waals surface area contributed by atoms with Crippen LogP contribution in [-0.4, -0.2) is 56.4 Å². The zero-order valence-electron chi connectivity index (χ0n) is 24.0. The summed E-state index contributed by atoms with van der Waals surface area (Å²) in [5.74, 6) is 6.58. The fourth-order valence-electron chi connectivity index (χ4n) is 5.01. The van der Waals surface area contributed by atoms with E-state index in [0.717, 1.165) is 62.6 Å². The van der Waals surface area contributed by atoms with Gasteiger partial charge in [-0.3, -0.25) is 18.5 Å². The quantitative estimate of drug-likeness (QED) is 0.220. The Kier molecular flexibility index (Phi) is 9.64. The molecule has 1 saturated heterocycles. The number of rotatable bonds is 11. The zero-order valence-corrected chi connectivity index (χ0v) is 24.0. The van der Waals surface area contributed by atoms with Gasteiger partial charge in [0.05, 0.1) is 31.0 Å². The Morgan fingerprint density at radius 1 is 1.07 bits per heavy atom. The van der Waals surface area contributed by atoms with Crippen LogP contribution in [0.1, 0.15) is 74.8 Å². The van der Waals surface area contributed by atoms with E-state index in [1.54, 1.807) is 37.7 Å². The number of carbonyl (C=O) groups is 1. The van der Waals surface area contributed by atoms with Crippen molar-refractivity contribution < 1.29 is 9.53 Å². The van der Waals surface area contributed by atoms with Crippen LogP contribution < -0.4 is 21.5 Å². The van der Waals surface area contributed by atoms with Crippen LogP contribution in [0.2, 0.25) is 0 Å². The van der Waals surface area contributed by atoms with Gasteiger partial charge in [0.25, 0.3) is 5.56 Å². The second kappa shape index (κ2) is 13.3. The maximum atomic E-state index is 14.0. The van der Waals surface area contributed by atoms with E-state index in [1.807, 2.05) is 0 Å². The zero-order chi connectivity index (χ0) is 28.6. The molecule has 0 bridgehead atoms. The molecule has 0 atom stereocenters. The molecule has 4 rings (SSSR count). The van der Waals surface area contributed by atoms with Gasteiger partial charge in [-0.05, 0) is 44.7 Å². The molecule has 1 N–H and O–H groups in total. The van der Waals surface area contributed by atoms with Gasteiger partial charge in [-0.15, -0.1) is 5.92 Å². The topological polar surface area (TPSA) is 116 Å². The van der Waals surface area contributed by atoms with Crippen molar-refractivity contribution in [1.82, 2.24) is 23.7 Å². The maximum Gasteiger partial charge on any atom is 0.340 e. The summed E-state index contributed by atoms with van der Waals surface area (Å²) < 4.78 is 9.81. The average Bonchev–Trinajstić information content (AvgIpc) is 3.37. The first kappa shape index (κ1) is 28.9. The highest BCUT2D eigenvalue weighted by molar-refractivity contribution is 5.91. The molecule has 0 amide bonds. The number of aromatic nitrogens is 5. The molecule has 40 heavy (non-hydrogen) atoms. The molecule has 11 nitrogen and oxygen atoms in total. The number of anilines is 2. The number of ether oxygens (including phenoxy) is 1. The van der Waals surface area contributed by atoms with Gasteiger partial charge in [-0.1, -0.05) is 32.1 Å². The standard InChI is InChI=1S/C29H39N7O4/c1-5-7-9-13-19-40-27(38)21-14-15-23(30-3)31-22(21)20-36-26(37)24-25(33(4)29(36)39)32-28(35(24)18-8-6-2)34-16-11-10-12-17-34/h14-15H,5,7,9-13,16-20H2,1-4H3,(H,30,31). The first-order chi connectivity index (χ1) is 19.4. The van der Waals surface area contributed by atoms with Crippen molar-refractivity contribution in [2.24, 2.45) is 7.05 Å². The molecule has 0 unspecified atom stereocenters. The molecular formula is C29H39N7O4. The van der Waals surface area contributed by atoms with Crippen molar-refractivity contribution in [3.8, 4) is 11.8 Å². The van der Waals surface area contributed by atoms with Crippen LogP contribution in [0, 0.1) is 11.8 Å². The average molecular weight is 550 g/mol. The van der Waals surface area contributed by atoms with Crippen molar-refractivity contribution in [1.29, 1.82) is 0 Å². The highest BCUT2D eigenvalue weighted by Gasteiger charge is 2.25. The first-order valence-corrected chi connectivity index (χ1v) is 14.1. The molecule has 3 aromatic rings. The number of aryl methyl sites for hydroxylation is 1. The minimum absolute atomic E-state index is 0.194. The van der Waals surface area contributed by atoms with Crippen LogP contribution >= 0.6 is 0 Å². The van der Waals surface area contributed by atoms with E-state index in [2.05, 4.69) is 34.0 Å². The summed E-state index contributed by atoms with van der Waals surface area (Å²) in [4.78, 5) is 51.9.